The molecule has 2 amide bonds. The van der Waals surface area contributed by atoms with Gasteiger partial charge in [0.25, 0.3) is 0 Å². The van der Waals surface area contributed by atoms with Crippen LogP contribution < -0.4 is 0 Å². The molecule has 0 bridgehead atoms. The van der Waals surface area contributed by atoms with E-state index in [9.17, 15) is 14.4 Å². The molecule has 3 atom stereocenters. The number of carbonyl (C=O) groups excluding carboxylic acids is 2. The van der Waals surface area contributed by atoms with E-state index < -0.39 is 22.9 Å². The number of carboxylic acid groups (broad SMARTS) is 1. The fourth-order valence-electron chi connectivity index (χ4n) is 2.45. The smallest absolute Gasteiger partial charge is 0.417 e. The number of carboxylic acids is 1. The summed E-state index contributed by atoms with van der Waals surface area (Å²) in [5, 5.41) is 8.61. The minimum Gasteiger partial charge on any atom is -0.481 e. The highest BCUT2D eigenvalue weighted by Crippen LogP contribution is 2.28. The fourth-order valence-corrected chi connectivity index (χ4v) is 2.45. The van der Waals surface area contributed by atoms with Crippen LogP contribution >= 0.6 is 0 Å². The van der Waals surface area contributed by atoms with Gasteiger partial charge >= 0.3 is 12.1 Å². The summed E-state index contributed by atoms with van der Waals surface area (Å²) in [5.74, 6) is -1.08. The maximum Gasteiger partial charge on any atom is 0.417 e. The van der Waals surface area contributed by atoms with Gasteiger partial charge in [0.05, 0.1) is 24.7 Å². The highest BCUT2D eigenvalue weighted by Gasteiger charge is 2.45. The maximum absolute atomic E-state index is 12.5. The van der Waals surface area contributed by atoms with Gasteiger partial charge in [-0.2, -0.15) is 0 Å². The Kier molecular flexibility index (Phi) is 10.1. The van der Waals surface area contributed by atoms with Gasteiger partial charge in [0, 0.05) is 14.2 Å². The van der Waals surface area contributed by atoms with Gasteiger partial charge in [0.2, 0.25) is 5.91 Å². The molecule has 1 saturated heterocycles. The number of aliphatic carboxylic acids is 1. The minimum absolute atomic E-state index is 0.150. The second kappa shape index (κ2) is 11.0. The largest absolute Gasteiger partial charge is 0.481 e. The first-order chi connectivity index (χ1) is 12.9. The van der Waals surface area contributed by atoms with Crippen molar-refractivity contribution in [2.45, 2.75) is 33.7 Å². The van der Waals surface area contributed by atoms with Crippen LogP contribution in [0.4, 0.5) is 4.79 Å². The number of amides is 2. The van der Waals surface area contributed by atoms with E-state index in [1.54, 1.807) is 13.8 Å². The Morgan fingerprint density at radius 3 is 2.00 bits per heavy atom. The topological polar surface area (TPSA) is 102 Å². The number of nitrogens with zero attached hydrogens (tertiary/aromatic N) is 1. The summed E-state index contributed by atoms with van der Waals surface area (Å²) in [6, 6.07) is -0.221. The molecule has 1 heterocycles. The quantitative estimate of drug-likeness (QED) is 0.595. The Balaban J connectivity index is 0.000000621. The van der Waals surface area contributed by atoms with Crippen LogP contribution in [-0.2, 0) is 23.8 Å². The van der Waals surface area contributed by atoms with E-state index in [2.05, 4.69) is 13.2 Å². The number of cyclic esters (lactones) is 1. The third-order valence-electron chi connectivity index (χ3n) is 4.66. The van der Waals surface area contributed by atoms with E-state index in [0.717, 1.165) is 0 Å². The highest BCUT2D eigenvalue weighted by atomic mass is 16.6. The van der Waals surface area contributed by atoms with Gasteiger partial charge < -0.3 is 19.3 Å². The van der Waals surface area contributed by atoms with Crippen LogP contribution in [0.3, 0.4) is 0 Å². The summed E-state index contributed by atoms with van der Waals surface area (Å²) >= 11 is 0. The van der Waals surface area contributed by atoms with Crippen molar-refractivity contribution in [3.05, 3.63) is 25.3 Å². The molecule has 1 fully saturated rings. The molecule has 8 nitrogen and oxygen atoms in total. The van der Waals surface area contributed by atoms with Crippen molar-refractivity contribution in [3.63, 3.8) is 0 Å². The van der Waals surface area contributed by atoms with Crippen molar-refractivity contribution in [1.82, 2.24) is 4.90 Å². The number of hydrogen-bond donors (Lipinski definition) is 1. The molecule has 0 spiro atoms. The number of hydrogen-bond acceptors (Lipinski definition) is 6. The number of imide groups is 1. The molecule has 1 aliphatic heterocycles. The van der Waals surface area contributed by atoms with Crippen molar-refractivity contribution in [2.24, 2.45) is 16.7 Å². The van der Waals surface area contributed by atoms with Crippen molar-refractivity contribution >= 4 is 18.0 Å². The zero-order valence-electron chi connectivity index (χ0n) is 17.7. The SMILES string of the molecule is C=C[C@](C)(COC)C(=O)N1C(=O)OC[C@H]1C(C)C.C=C[C@](C)(COC)C(=O)O. The Bertz CT molecular complexity index is 589. The van der Waals surface area contributed by atoms with Crippen molar-refractivity contribution < 1.29 is 33.7 Å². The van der Waals surface area contributed by atoms with Crippen LogP contribution in [-0.4, -0.2) is 68.1 Å². The van der Waals surface area contributed by atoms with E-state index in [0.29, 0.717) is 0 Å². The van der Waals surface area contributed by atoms with Crippen molar-refractivity contribution in [3.8, 4) is 0 Å². The predicted molar refractivity (Wildman–Crippen MR) is 105 cm³/mol. The summed E-state index contributed by atoms with van der Waals surface area (Å²) in [7, 11) is 2.97. The first-order valence-corrected chi connectivity index (χ1v) is 8.93. The first-order valence-electron chi connectivity index (χ1n) is 8.93. The standard InChI is InChI=1S/C13H21NO4.C7H12O3/c1-6-13(4,8-17-5)11(15)14-10(9(2)3)7-18-12(14)16;1-4-7(2,5-10-3)6(8)9/h6,9-10H,1,7-8H2,2-5H3;4H,1,5H2,2-3H3,(H,8,9)/t10-,13+;7-/m01/s1. The molecule has 28 heavy (non-hydrogen) atoms. The molecule has 1 N–H and O–H groups in total. The summed E-state index contributed by atoms with van der Waals surface area (Å²) in [4.78, 5) is 35.9. The number of ether oxygens (including phenoxy) is 3. The van der Waals surface area contributed by atoms with Gasteiger partial charge in [-0.1, -0.05) is 26.0 Å². The van der Waals surface area contributed by atoms with Gasteiger partial charge in [-0.05, 0) is 19.8 Å². The Hall–Kier alpha value is -2.19. The summed E-state index contributed by atoms with van der Waals surface area (Å²) in [5.41, 5.74) is -1.86. The summed E-state index contributed by atoms with van der Waals surface area (Å²) < 4.78 is 14.7. The van der Waals surface area contributed by atoms with Crippen LogP contribution in [0.5, 0.6) is 0 Å². The third kappa shape index (κ3) is 6.17. The van der Waals surface area contributed by atoms with E-state index in [1.165, 1.54) is 31.3 Å². The van der Waals surface area contributed by atoms with E-state index >= 15 is 0 Å². The Morgan fingerprint density at radius 1 is 1.21 bits per heavy atom. The molecule has 0 radical (unpaired) electrons. The highest BCUT2D eigenvalue weighted by molar-refractivity contribution is 5.97. The van der Waals surface area contributed by atoms with E-state index in [4.69, 9.17) is 19.3 Å². The number of methoxy groups -OCH3 is 2. The lowest BCUT2D eigenvalue weighted by Gasteiger charge is -2.31. The van der Waals surface area contributed by atoms with Gasteiger partial charge in [0.1, 0.15) is 12.0 Å². The van der Waals surface area contributed by atoms with Gasteiger partial charge in [0.15, 0.2) is 0 Å². The van der Waals surface area contributed by atoms with Crippen LogP contribution in [0.25, 0.3) is 0 Å². The van der Waals surface area contributed by atoms with Crippen LogP contribution in [0.1, 0.15) is 27.7 Å². The lowest BCUT2D eigenvalue weighted by atomic mass is 9.89. The van der Waals surface area contributed by atoms with Crippen LogP contribution in [0.2, 0.25) is 0 Å². The molecule has 0 unspecified atom stereocenters. The van der Waals surface area contributed by atoms with Crippen LogP contribution in [0, 0.1) is 16.7 Å². The zero-order chi connectivity index (χ0) is 22.1. The lowest BCUT2D eigenvalue weighted by Crippen LogP contribution is -2.49. The maximum atomic E-state index is 12.5. The summed E-state index contributed by atoms with van der Waals surface area (Å²) in [6.45, 7) is 14.8. The van der Waals surface area contributed by atoms with Gasteiger partial charge in [-0.3, -0.25) is 9.59 Å². The molecular weight excluding hydrogens is 366 g/mol. The molecule has 0 aliphatic carbocycles. The molecule has 160 valence electrons. The molecule has 1 rings (SSSR count). The van der Waals surface area contributed by atoms with Crippen molar-refractivity contribution in [1.29, 1.82) is 0 Å². The monoisotopic (exact) mass is 399 g/mol. The zero-order valence-corrected chi connectivity index (χ0v) is 17.7. The predicted octanol–water partition coefficient (Wildman–Crippen LogP) is 2.74. The lowest BCUT2D eigenvalue weighted by molar-refractivity contribution is -0.147. The second-order valence-corrected chi connectivity index (χ2v) is 7.48. The molecule has 0 aromatic carbocycles. The summed E-state index contributed by atoms with van der Waals surface area (Å²) in [6.07, 6.45) is 2.31. The molecule has 1 aliphatic rings. The fraction of sp³-hybridized carbons (Fsp3) is 0.650. The second-order valence-electron chi connectivity index (χ2n) is 7.48. The van der Waals surface area contributed by atoms with E-state index in [1.807, 2.05) is 13.8 Å². The molecule has 0 aromatic rings. The average molecular weight is 399 g/mol. The Labute approximate surface area is 167 Å². The van der Waals surface area contributed by atoms with Gasteiger partial charge in [-0.25, -0.2) is 9.69 Å². The van der Waals surface area contributed by atoms with Crippen LogP contribution in [0.15, 0.2) is 25.3 Å². The number of carbonyl (C=O) groups is 3. The Morgan fingerprint density at radius 2 is 1.68 bits per heavy atom. The number of rotatable bonds is 9. The minimum atomic E-state index is -0.950. The molecule has 8 heteroatoms. The molecular formula is C20H33NO7. The van der Waals surface area contributed by atoms with Crippen molar-refractivity contribution in [2.75, 3.05) is 34.0 Å². The molecule has 0 saturated carbocycles. The van der Waals surface area contributed by atoms with Gasteiger partial charge in [-0.15, -0.1) is 13.2 Å². The third-order valence-corrected chi connectivity index (χ3v) is 4.66. The van der Waals surface area contributed by atoms with E-state index in [-0.39, 0.29) is 37.7 Å². The first kappa shape index (κ1) is 25.8. The normalized spacial score (nSPS) is 20.3. The molecule has 0 aromatic heterocycles. The average Bonchev–Trinajstić information content (AvgIpc) is 3.03.